The van der Waals surface area contributed by atoms with Crippen LogP contribution in [0.5, 0.6) is 0 Å². The molecule has 0 amide bonds. The van der Waals surface area contributed by atoms with E-state index >= 15 is 0 Å². The zero-order valence-corrected chi connectivity index (χ0v) is 90.0. The Balaban J connectivity index is -0.00000197. The van der Waals surface area contributed by atoms with Crippen molar-refractivity contribution in [3.63, 3.8) is 0 Å². The van der Waals surface area contributed by atoms with Crippen LogP contribution in [-0.4, -0.2) is 345 Å². The molecule has 588 valence electrons. The van der Waals surface area contributed by atoms with Crippen molar-refractivity contribution >= 4 is 106 Å². The number of carboxylic acid groups (broad SMARTS) is 2. The topological polar surface area (TPSA) is 817 Å². The molecule has 75 heteroatoms. The van der Waals surface area contributed by atoms with E-state index in [-0.39, 0.29) is 325 Å². The van der Waals surface area contributed by atoms with E-state index < -0.39 is 279 Å². The van der Waals surface area contributed by atoms with Gasteiger partial charge in [-0.3, -0.25) is 37.6 Å². The van der Waals surface area contributed by atoms with Gasteiger partial charge in [-0.2, -0.15) is 0 Å². The molecule has 0 aliphatic carbocycles. The molecule has 111 heavy (non-hydrogen) atoms. The van der Waals surface area contributed by atoms with Crippen LogP contribution in [0.3, 0.4) is 0 Å². The quantitative estimate of drug-likeness (QED) is 0.0317. The Morgan fingerprint density at radius 1 is 0.243 bits per heavy atom. The second-order valence-electron chi connectivity index (χ2n) is 19.6. The number of methoxy groups -OCH3 is 6. The molecule has 0 unspecified atom stereocenters. The number of carbonyl (C=O) groups excluding carboxylic acids is 2. The van der Waals surface area contributed by atoms with Crippen molar-refractivity contribution in [1.29, 1.82) is 0 Å². The first kappa shape index (κ1) is 132. The van der Waals surface area contributed by atoms with Gasteiger partial charge in [-0.05, 0) is 0 Å². The van der Waals surface area contributed by atoms with Gasteiger partial charge in [-0.1, -0.05) is 0 Å². The third kappa shape index (κ3) is 43.2. The maximum atomic E-state index is 13.2. The Labute approximate surface area is 876 Å². The Hall–Kier alpha value is 8.17. The third-order valence-electron chi connectivity index (χ3n) is 13.5. The van der Waals surface area contributed by atoms with Gasteiger partial charge in [0.2, 0.25) is 93.6 Å². The van der Waals surface area contributed by atoms with Crippen molar-refractivity contribution in [3.8, 4) is 0 Å². The molecule has 5 aliphatic rings. The summed E-state index contributed by atoms with van der Waals surface area (Å²) in [5, 5.41) is 26.3. The summed E-state index contributed by atoms with van der Waals surface area (Å²) < 4.78 is 446. The third-order valence-corrected chi connectivity index (χ3v) is 17.5. The van der Waals surface area contributed by atoms with E-state index in [4.69, 9.17) is 71.1 Å². The summed E-state index contributed by atoms with van der Waals surface area (Å²) in [5.41, 5.74) is 0. The maximum absolute atomic E-state index is 13.2. The molecule has 0 saturated carbocycles. The van der Waals surface area contributed by atoms with Gasteiger partial charge in [0.1, 0.15) is 97.7 Å². The Kier molecular flexibility index (Phi) is 66.8. The molecule has 0 aromatic heterocycles. The number of aliphatic carboxylic acids is 2. The van der Waals surface area contributed by atoms with Crippen LogP contribution in [0.4, 0.5) is 0 Å². The van der Waals surface area contributed by atoms with Crippen LogP contribution in [0.1, 0.15) is 0 Å². The second-order valence-corrected chi connectivity index (χ2v) is 28.9. The van der Waals surface area contributed by atoms with Gasteiger partial charge >= 0.3 is 325 Å². The standard InChI is InChI=1S/C36H60O55S9.11Na/c1-68-13-10(7-74-92(41,42)43)78-34(26(16(13)69-2)88-97(56,57)58)82-19-17(70-3)25(72-5)33(84-23(19)30(37)38)80-15-12(9-76-94(47,48)49)79-35(29(91-100(65,66)67)22(15)87-96(53,54)55)83-20-18(71-4)27(89-98(59,60)61)36(85-24(20)31(39)40)81-14-11(8-75-93(44,45)46)77-32(73-6)28(90-99(62,63)64)21(14)86-95(50,51)52;;;;;;;;;;;/h10-29,32-36H,7-9H2,1-6H3,(H,37,38)(H,39,40)(H,41,42,43)(H,44,45,46)(H,47,48,49)(H,50,51,52)(H,53,54,55)(H,56,57,58)(H,59,60,61)(H,62,63,64)(H,65,66,67);;;;;;;;;;;/q;11*+1/p-11/t10-,11-,12-,13-,14-,15-,16+,17+,18+,19+,20+,21+,22+,23+,24-,25-,26-,27-,28-,29-,32+,33-,34+,35+,36-;;;;;;;;;;;/m1.........../s1. The largest absolute Gasteiger partial charge is 1.00 e. The summed E-state index contributed by atoms with van der Waals surface area (Å²) in [7, 11) is -52.8. The molecule has 5 aliphatic heterocycles. The van der Waals surface area contributed by atoms with Crippen molar-refractivity contribution < 1.29 is 570 Å². The van der Waals surface area contributed by atoms with Gasteiger partial charge in [0.15, 0.2) is 55.9 Å². The number of rotatable bonds is 37. The first-order valence-electron chi connectivity index (χ1n) is 25.7. The molecule has 0 aromatic rings. The monoisotopic (exact) mass is 1900 g/mol. The molecule has 5 fully saturated rings. The van der Waals surface area contributed by atoms with Crippen molar-refractivity contribution in [1.82, 2.24) is 0 Å². The van der Waals surface area contributed by atoms with E-state index in [1.807, 2.05) is 0 Å². The van der Waals surface area contributed by atoms with E-state index in [0.29, 0.717) is 28.4 Å². The van der Waals surface area contributed by atoms with E-state index in [2.05, 4.69) is 37.6 Å². The summed E-state index contributed by atoms with van der Waals surface area (Å²) in [6, 6.07) is 0. The molecular formula is C36H49Na11O55S9. The minimum atomic E-state index is -6.71. The zero-order valence-electron chi connectivity index (χ0n) is 60.7. The summed E-state index contributed by atoms with van der Waals surface area (Å²) in [6.45, 7) is -5.38. The first-order chi connectivity index (χ1) is 45.5. The molecule has 25 atom stereocenters. The SMILES string of the molecule is CO[C@H]1O[C@H](COS(=O)(=O)[O-])[C@@H](O[C@@H]2O[C@@H](C(=O)[O-])[C@@H](O[C@@H]3O[C@H](COS(=O)(=O)[O-])[C@@H](O[C@@H]4O[C@H](C(=O)[O-])[C@@H](O[C@@H]5O[C@H](COS(=O)(=O)[O-])[C@@H](OC)[C@H](OC)[C@H]5OS(=O)(=O)[O-])[C@H](OC)[C@H]4OC)[C@H](OS(=O)(=O)[O-])[C@H]3OS(=O)(=O)[O-])[C@H](OC)[C@H]2OS(=O)(=O)[O-])[C@H](OS(=O)(=O)[O-])[C@H]1OS(=O)(=O)[O-].[Na+].[Na+].[Na+].[Na+].[Na+].[Na+].[Na+].[Na+].[Na+].[Na+].[Na+]. The Morgan fingerprint density at radius 3 is 0.685 bits per heavy atom. The molecule has 5 heterocycles. The fourth-order valence-electron chi connectivity index (χ4n) is 10.1. The van der Waals surface area contributed by atoms with Crippen LogP contribution in [0.25, 0.3) is 0 Å². The van der Waals surface area contributed by atoms with E-state index in [1.54, 1.807) is 0 Å². The number of carbonyl (C=O) groups is 2. The normalized spacial score (nSPS) is 32.8. The van der Waals surface area contributed by atoms with Crippen LogP contribution in [0.15, 0.2) is 0 Å². The van der Waals surface area contributed by atoms with Crippen molar-refractivity contribution in [2.75, 3.05) is 62.5 Å². The molecule has 0 aromatic carbocycles. The predicted molar refractivity (Wildman–Crippen MR) is 268 cm³/mol. The minimum absolute atomic E-state index is 0. The summed E-state index contributed by atoms with van der Waals surface area (Å²) >= 11 is 0. The van der Waals surface area contributed by atoms with Gasteiger partial charge in [-0.15, -0.1) is 0 Å². The number of hydrogen-bond donors (Lipinski definition) is 0. The molecule has 0 bridgehead atoms. The average molecular weight is 1900 g/mol. The molecule has 5 saturated heterocycles. The smallest absolute Gasteiger partial charge is 0.726 e. The fourth-order valence-corrected chi connectivity index (χ4v) is 13.9. The van der Waals surface area contributed by atoms with Crippen LogP contribution in [-0.2, 0) is 212 Å². The summed E-state index contributed by atoms with van der Waals surface area (Å²) in [5.74, 6) is -5.40. The summed E-state index contributed by atoms with van der Waals surface area (Å²) in [4.78, 5) is 26.3. The van der Waals surface area contributed by atoms with Gasteiger partial charge < -0.3 is 132 Å². The molecule has 5 rings (SSSR count). The average Bonchev–Trinajstić information content (AvgIpc) is 0.759. The Morgan fingerprint density at radius 2 is 0.441 bits per heavy atom. The van der Waals surface area contributed by atoms with E-state index in [9.17, 15) is 137 Å². The molecule has 55 nitrogen and oxygen atoms in total. The van der Waals surface area contributed by atoms with E-state index in [1.165, 1.54) is 0 Å². The van der Waals surface area contributed by atoms with Crippen molar-refractivity contribution in [2.24, 2.45) is 0 Å². The Bertz CT molecular complexity index is 3910. The molecule has 0 spiro atoms. The van der Waals surface area contributed by atoms with Crippen LogP contribution < -0.4 is 335 Å². The predicted octanol–water partition coefficient (Wildman–Crippen LogP) is -48.1. The molecule has 0 radical (unpaired) electrons. The fraction of sp³-hybridized carbons (Fsp3) is 0.944. The number of hydrogen-bond acceptors (Lipinski definition) is 55. The van der Waals surface area contributed by atoms with Gasteiger partial charge in [0.25, 0.3) is 0 Å². The van der Waals surface area contributed by atoms with Gasteiger partial charge in [0.05, 0.1) is 31.8 Å². The number of carboxylic acids is 2. The molecule has 0 N–H and O–H groups in total. The summed E-state index contributed by atoms with van der Waals surface area (Å²) in [6.07, 6.45) is -72.3. The van der Waals surface area contributed by atoms with Crippen molar-refractivity contribution in [2.45, 2.75) is 154 Å². The van der Waals surface area contributed by atoms with Gasteiger partial charge in [-0.25, -0.2) is 75.8 Å². The maximum Gasteiger partial charge on any atom is 1.00 e. The van der Waals surface area contributed by atoms with Crippen LogP contribution in [0, 0.1) is 0 Å². The van der Waals surface area contributed by atoms with Crippen molar-refractivity contribution in [3.05, 3.63) is 0 Å². The number of ether oxygens (including phenoxy) is 15. The zero-order chi connectivity index (χ0) is 76.2. The minimum Gasteiger partial charge on any atom is -0.726 e. The van der Waals surface area contributed by atoms with Crippen LogP contribution >= 0.6 is 0 Å². The molecular weight excluding hydrogens is 1850 g/mol. The second kappa shape index (κ2) is 56.0. The van der Waals surface area contributed by atoms with E-state index in [0.717, 1.165) is 14.2 Å². The van der Waals surface area contributed by atoms with Crippen LogP contribution in [0.2, 0.25) is 0 Å². The first-order valence-corrected chi connectivity index (χ1v) is 37.7. The van der Waals surface area contributed by atoms with Gasteiger partial charge in [0, 0.05) is 42.7 Å².